The van der Waals surface area contributed by atoms with Gasteiger partial charge in [0.25, 0.3) is 0 Å². The van der Waals surface area contributed by atoms with Gasteiger partial charge in [0.2, 0.25) is 0 Å². The molecule has 1 fully saturated rings. The quantitative estimate of drug-likeness (QED) is 0.352. The molecule has 1 aliphatic heterocycles. The number of aliphatic hydroxyl groups is 1. The molecule has 0 aromatic carbocycles. The lowest BCUT2D eigenvalue weighted by Gasteiger charge is -2.32. The fraction of sp³-hybridized carbons (Fsp3) is 0.850. The Balaban J connectivity index is 0.000000541. The maximum Gasteiger partial charge on any atom is 0.519 e. The van der Waals surface area contributed by atoms with E-state index in [9.17, 15) is 19.5 Å². The Bertz CT molecular complexity index is 528. The molecule has 1 amide bonds. The Hall–Kier alpha value is -2.03. The minimum Gasteiger partial charge on any atom is -0.444 e. The van der Waals surface area contributed by atoms with Crippen LogP contribution in [-0.2, 0) is 18.9 Å². The maximum atomic E-state index is 11.6. The lowest BCUT2D eigenvalue weighted by Crippen LogP contribution is -2.44. The molecule has 0 radical (unpaired) electrons. The molecule has 1 N–H and O–H groups in total. The summed E-state index contributed by atoms with van der Waals surface area (Å²) in [5.41, 5.74) is -1.85. The number of carbonyl (C=O) groups excluding carboxylic acids is 3. The molecule has 0 spiro atoms. The highest BCUT2D eigenvalue weighted by Crippen LogP contribution is 2.15. The fourth-order valence-corrected chi connectivity index (χ4v) is 2.06. The van der Waals surface area contributed by atoms with E-state index >= 15 is 0 Å². The molecule has 0 aliphatic carbocycles. The number of ether oxygens (including phenoxy) is 4. The average molecular weight is 420 g/mol. The highest BCUT2D eigenvalue weighted by molar-refractivity contribution is 5.77. The third kappa shape index (κ3) is 15.6. The van der Waals surface area contributed by atoms with Crippen LogP contribution in [0.2, 0.25) is 0 Å². The van der Waals surface area contributed by atoms with Crippen LogP contribution in [-0.4, -0.2) is 64.4 Å². The van der Waals surface area contributed by atoms with Gasteiger partial charge in [-0.05, 0) is 75.2 Å². The summed E-state index contributed by atoms with van der Waals surface area (Å²) < 4.78 is 19.0. The number of piperidine rings is 1. The molecule has 1 saturated heterocycles. The van der Waals surface area contributed by atoms with E-state index < -0.39 is 35.2 Å². The second kappa shape index (κ2) is 10.7. The molecule has 0 aromatic rings. The van der Waals surface area contributed by atoms with E-state index in [0.29, 0.717) is 13.1 Å². The molecule has 1 atom stereocenters. The highest BCUT2D eigenvalue weighted by atomic mass is 16.8. The minimum atomic E-state index is -1.06. The molecule has 170 valence electrons. The van der Waals surface area contributed by atoms with Crippen LogP contribution >= 0.6 is 0 Å². The normalized spacial score (nSPS) is 17.4. The van der Waals surface area contributed by atoms with Gasteiger partial charge in [0.1, 0.15) is 16.8 Å². The van der Waals surface area contributed by atoms with Gasteiger partial charge in [0, 0.05) is 13.1 Å². The number of rotatable bonds is 0. The number of aliphatic hydroxyl groups excluding tert-OH is 1. The van der Waals surface area contributed by atoms with Crippen LogP contribution in [0.5, 0.6) is 0 Å². The van der Waals surface area contributed by atoms with Crippen LogP contribution in [0.3, 0.4) is 0 Å². The van der Waals surface area contributed by atoms with E-state index in [-0.39, 0.29) is 6.09 Å². The molecule has 29 heavy (non-hydrogen) atoms. The molecule has 9 heteroatoms. The lowest BCUT2D eigenvalue weighted by atomic mass is 10.1. The molecule has 0 saturated carbocycles. The van der Waals surface area contributed by atoms with Crippen molar-refractivity contribution >= 4 is 18.4 Å². The Morgan fingerprint density at radius 1 is 0.793 bits per heavy atom. The zero-order chi connectivity index (χ0) is 23.0. The summed E-state index contributed by atoms with van der Waals surface area (Å²) in [7, 11) is 0. The summed E-state index contributed by atoms with van der Waals surface area (Å²) in [6.45, 7) is 16.6. The molecular formula is C20H37NO8. The van der Waals surface area contributed by atoms with Gasteiger partial charge in [0.05, 0.1) is 6.10 Å². The van der Waals surface area contributed by atoms with Crippen molar-refractivity contribution in [2.24, 2.45) is 0 Å². The van der Waals surface area contributed by atoms with E-state index in [1.807, 2.05) is 20.8 Å². The molecule has 0 unspecified atom stereocenters. The van der Waals surface area contributed by atoms with Gasteiger partial charge in [-0.3, -0.25) is 0 Å². The number of amides is 1. The summed E-state index contributed by atoms with van der Waals surface area (Å²) in [5.74, 6) is 0. The topological polar surface area (TPSA) is 112 Å². The van der Waals surface area contributed by atoms with Crippen molar-refractivity contribution in [3.05, 3.63) is 0 Å². The van der Waals surface area contributed by atoms with Crippen molar-refractivity contribution in [2.75, 3.05) is 13.1 Å². The Morgan fingerprint density at radius 2 is 1.21 bits per heavy atom. The van der Waals surface area contributed by atoms with Gasteiger partial charge in [-0.1, -0.05) is 0 Å². The highest BCUT2D eigenvalue weighted by Gasteiger charge is 2.26. The number of hydrogen-bond acceptors (Lipinski definition) is 8. The monoisotopic (exact) mass is 419 g/mol. The second-order valence-electron chi connectivity index (χ2n) is 9.75. The van der Waals surface area contributed by atoms with E-state index in [2.05, 4.69) is 4.74 Å². The lowest BCUT2D eigenvalue weighted by molar-refractivity contribution is -0.0294. The molecule has 1 aliphatic rings. The molecule has 9 nitrogen and oxygen atoms in total. The van der Waals surface area contributed by atoms with E-state index in [1.54, 1.807) is 46.4 Å². The smallest absolute Gasteiger partial charge is 0.444 e. The van der Waals surface area contributed by atoms with Crippen LogP contribution in [0.25, 0.3) is 0 Å². The van der Waals surface area contributed by atoms with Gasteiger partial charge in [-0.25, -0.2) is 14.4 Å². The number of nitrogens with zero attached hydrogens (tertiary/aromatic N) is 1. The van der Waals surface area contributed by atoms with Crippen LogP contribution in [0, 0.1) is 0 Å². The van der Waals surface area contributed by atoms with Crippen LogP contribution in [0.15, 0.2) is 0 Å². The number of hydrogen-bond donors (Lipinski definition) is 1. The van der Waals surface area contributed by atoms with Crippen LogP contribution in [0.4, 0.5) is 14.4 Å². The van der Waals surface area contributed by atoms with Crippen molar-refractivity contribution in [3.8, 4) is 0 Å². The minimum absolute atomic E-state index is 0.323. The Kier molecular flexibility index (Phi) is 9.92. The first kappa shape index (κ1) is 27.0. The first-order valence-electron chi connectivity index (χ1n) is 9.68. The maximum absolute atomic E-state index is 11.6. The average Bonchev–Trinajstić information content (AvgIpc) is 2.41. The predicted molar refractivity (Wildman–Crippen MR) is 107 cm³/mol. The predicted octanol–water partition coefficient (Wildman–Crippen LogP) is 4.25. The molecule has 0 bridgehead atoms. The summed E-state index contributed by atoms with van der Waals surface area (Å²) >= 11 is 0. The first-order valence-corrected chi connectivity index (χ1v) is 9.68. The molecule has 1 rings (SSSR count). The third-order valence-electron chi connectivity index (χ3n) is 2.99. The summed E-state index contributed by atoms with van der Waals surface area (Å²) in [4.78, 5) is 35.1. The summed E-state index contributed by atoms with van der Waals surface area (Å²) in [5, 5.41) is 9.38. The summed E-state index contributed by atoms with van der Waals surface area (Å²) in [6, 6.07) is 0. The Morgan fingerprint density at radius 3 is 1.55 bits per heavy atom. The second-order valence-corrected chi connectivity index (χ2v) is 9.75. The van der Waals surface area contributed by atoms with E-state index in [1.165, 1.54) is 0 Å². The van der Waals surface area contributed by atoms with Crippen LogP contribution in [0.1, 0.15) is 75.2 Å². The zero-order valence-corrected chi connectivity index (χ0v) is 19.2. The van der Waals surface area contributed by atoms with Crippen molar-refractivity contribution in [1.82, 2.24) is 4.90 Å². The van der Waals surface area contributed by atoms with E-state index in [0.717, 1.165) is 12.8 Å². The van der Waals surface area contributed by atoms with Crippen LogP contribution < -0.4 is 0 Å². The van der Waals surface area contributed by atoms with Crippen molar-refractivity contribution < 1.29 is 38.4 Å². The van der Waals surface area contributed by atoms with Gasteiger partial charge in [0.15, 0.2) is 0 Å². The first-order chi connectivity index (χ1) is 12.9. The van der Waals surface area contributed by atoms with Gasteiger partial charge < -0.3 is 29.0 Å². The standard InChI is InChI=1S/C10H19NO3.C10H18O5/c1-10(2,3)14-9(13)11-6-4-5-8(12)7-11;1-9(2,3)14-7(11)13-8(12)15-10(4,5)6/h8,12H,4-7H2,1-3H3;1-6H3/t8-;/m1./s1. The van der Waals surface area contributed by atoms with E-state index in [4.69, 9.17) is 14.2 Å². The molecular weight excluding hydrogens is 382 g/mol. The van der Waals surface area contributed by atoms with Crippen molar-refractivity contribution in [1.29, 1.82) is 0 Å². The van der Waals surface area contributed by atoms with Gasteiger partial charge in [-0.2, -0.15) is 0 Å². The molecule has 0 aromatic heterocycles. The fourth-order valence-electron chi connectivity index (χ4n) is 2.06. The van der Waals surface area contributed by atoms with Gasteiger partial charge >= 0.3 is 18.4 Å². The number of likely N-dealkylation sites (tertiary alicyclic amines) is 1. The Labute approximate surface area is 173 Å². The number of carbonyl (C=O) groups is 3. The summed E-state index contributed by atoms with van der Waals surface area (Å²) in [6.07, 6.45) is -1.21. The molecule has 1 heterocycles. The third-order valence-corrected chi connectivity index (χ3v) is 2.99. The zero-order valence-electron chi connectivity index (χ0n) is 19.2. The SMILES string of the molecule is CC(C)(C)OC(=O)N1CCC[C@@H](O)C1.CC(C)(C)OC(=O)OC(=O)OC(C)(C)C. The van der Waals surface area contributed by atoms with Crippen molar-refractivity contribution in [2.45, 2.75) is 98.1 Å². The largest absolute Gasteiger partial charge is 0.519 e. The number of β-amino-alcohol motifs (C(OH)–C–C–N with tert-alkyl or cyclic N) is 1. The van der Waals surface area contributed by atoms with Crippen molar-refractivity contribution in [3.63, 3.8) is 0 Å². The van der Waals surface area contributed by atoms with Gasteiger partial charge in [-0.15, -0.1) is 0 Å².